The molecule has 1 unspecified atom stereocenters. The van der Waals surface area contributed by atoms with Crippen LogP contribution in [0.5, 0.6) is 5.75 Å². The van der Waals surface area contributed by atoms with Crippen LogP contribution in [0.2, 0.25) is 0 Å². The summed E-state index contributed by atoms with van der Waals surface area (Å²) in [6.07, 6.45) is -3.16. The van der Waals surface area contributed by atoms with Gasteiger partial charge in [-0.15, -0.1) is 0 Å². The summed E-state index contributed by atoms with van der Waals surface area (Å²) in [6.45, 7) is 7.41. The molecule has 18 heavy (non-hydrogen) atoms. The zero-order valence-corrected chi connectivity index (χ0v) is 10.4. The second-order valence-corrected chi connectivity index (χ2v) is 4.05. The van der Waals surface area contributed by atoms with Crippen molar-refractivity contribution in [2.75, 3.05) is 5.32 Å². The van der Waals surface area contributed by atoms with Gasteiger partial charge in [-0.3, -0.25) is 0 Å². The molecule has 0 bridgehead atoms. The largest absolute Gasteiger partial charge is 0.490 e. The highest BCUT2D eigenvalue weighted by Crippen LogP contribution is 2.25. The Balaban J connectivity index is 2.88. The third-order valence-electron chi connectivity index (χ3n) is 2.15. The molecule has 0 aliphatic rings. The molecule has 2 N–H and O–H groups in total. The number of halogens is 2. The van der Waals surface area contributed by atoms with Gasteiger partial charge in [0.2, 0.25) is 0 Å². The fraction of sp³-hybridized carbons (Fsp3) is 0.385. The van der Waals surface area contributed by atoms with Gasteiger partial charge in [0.15, 0.2) is 6.23 Å². The van der Waals surface area contributed by atoms with Crippen LogP contribution in [0.4, 0.5) is 14.5 Å². The van der Waals surface area contributed by atoms with Crippen LogP contribution in [-0.4, -0.2) is 23.9 Å². The second kappa shape index (κ2) is 6.35. The maximum atomic E-state index is 12.2. The predicted octanol–water partition coefficient (Wildman–Crippen LogP) is 3.11. The van der Waals surface area contributed by atoms with Gasteiger partial charge < -0.3 is 15.2 Å². The lowest BCUT2D eigenvalue weighted by atomic mass is 10.1. The van der Waals surface area contributed by atoms with Crippen LogP contribution in [0.1, 0.15) is 19.4 Å². The molecule has 1 rings (SSSR count). The van der Waals surface area contributed by atoms with Crippen molar-refractivity contribution >= 4 is 11.8 Å². The molecule has 5 heteroatoms. The Labute approximate surface area is 105 Å². The van der Waals surface area contributed by atoms with Gasteiger partial charge in [0.1, 0.15) is 5.75 Å². The fourth-order valence-electron chi connectivity index (χ4n) is 1.39. The van der Waals surface area contributed by atoms with Crippen LogP contribution in [0.3, 0.4) is 0 Å². The van der Waals surface area contributed by atoms with Gasteiger partial charge in [-0.2, -0.15) is 0 Å². The SMILES string of the molecule is C=Cc1cc(NC(O)C(F)F)ccc1OC(C)C. The molecule has 0 amide bonds. The molecule has 0 aromatic heterocycles. The van der Waals surface area contributed by atoms with Gasteiger partial charge in [-0.25, -0.2) is 8.78 Å². The van der Waals surface area contributed by atoms with E-state index in [0.29, 0.717) is 17.0 Å². The Morgan fingerprint density at radius 3 is 2.56 bits per heavy atom. The Morgan fingerprint density at radius 2 is 2.06 bits per heavy atom. The highest BCUT2D eigenvalue weighted by atomic mass is 19.3. The van der Waals surface area contributed by atoms with Crippen LogP contribution in [0.25, 0.3) is 6.08 Å². The number of nitrogens with one attached hydrogen (secondary N) is 1. The van der Waals surface area contributed by atoms with Crippen LogP contribution in [-0.2, 0) is 0 Å². The van der Waals surface area contributed by atoms with E-state index in [1.807, 2.05) is 13.8 Å². The molecule has 100 valence electrons. The molecule has 1 atom stereocenters. The summed E-state index contributed by atoms with van der Waals surface area (Å²) >= 11 is 0. The summed E-state index contributed by atoms with van der Waals surface area (Å²) in [5.41, 5.74) is 1.06. The van der Waals surface area contributed by atoms with Crippen LogP contribution < -0.4 is 10.1 Å². The summed E-state index contributed by atoms with van der Waals surface area (Å²) in [4.78, 5) is 0. The lowest BCUT2D eigenvalue weighted by Gasteiger charge is -2.16. The molecule has 0 aliphatic heterocycles. The molecule has 1 aromatic rings. The Kier molecular flexibility index (Phi) is 5.09. The molecule has 0 saturated heterocycles. The maximum absolute atomic E-state index is 12.2. The van der Waals surface area contributed by atoms with Crippen molar-refractivity contribution in [2.24, 2.45) is 0 Å². The number of rotatable bonds is 6. The Bertz CT molecular complexity index is 408. The molecule has 0 radical (unpaired) electrons. The van der Waals surface area contributed by atoms with Crippen molar-refractivity contribution in [2.45, 2.75) is 32.6 Å². The second-order valence-electron chi connectivity index (χ2n) is 4.05. The van der Waals surface area contributed by atoms with Crippen LogP contribution in [0, 0.1) is 0 Å². The molecule has 1 aromatic carbocycles. The minimum atomic E-state index is -2.84. The first kappa shape index (κ1) is 14.4. The monoisotopic (exact) mass is 257 g/mol. The number of aliphatic hydroxyl groups is 1. The Hall–Kier alpha value is -1.62. The average molecular weight is 257 g/mol. The molecule has 3 nitrogen and oxygen atoms in total. The summed E-state index contributed by atoms with van der Waals surface area (Å²) < 4.78 is 29.9. The minimum absolute atomic E-state index is 0.00848. The summed E-state index contributed by atoms with van der Waals surface area (Å²) in [5, 5.41) is 11.3. The topological polar surface area (TPSA) is 41.5 Å². The van der Waals surface area contributed by atoms with E-state index < -0.39 is 12.7 Å². The molecular formula is C13H17F2NO2. The predicted molar refractivity (Wildman–Crippen MR) is 67.9 cm³/mol. The first-order chi connectivity index (χ1) is 8.43. The summed E-state index contributed by atoms with van der Waals surface area (Å²) in [7, 11) is 0. The molecule has 0 spiro atoms. The van der Waals surface area contributed by atoms with Crippen molar-refractivity contribution in [1.29, 1.82) is 0 Å². The van der Waals surface area contributed by atoms with E-state index in [-0.39, 0.29) is 6.10 Å². The lowest BCUT2D eigenvalue weighted by Crippen LogP contribution is -2.26. The third-order valence-corrected chi connectivity index (χ3v) is 2.15. The van der Waals surface area contributed by atoms with Gasteiger partial charge in [-0.1, -0.05) is 12.7 Å². The van der Waals surface area contributed by atoms with E-state index in [1.165, 1.54) is 0 Å². The van der Waals surface area contributed by atoms with Gasteiger partial charge in [-0.05, 0) is 32.0 Å². The smallest absolute Gasteiger partial charge is 0.282 e. The van der Waals surface area contributed by atoms with E-state index in [1.54, 1.807) is 24.3 Å². The third kappa shape index (κ3) is 4.00. The summed E-state index contributed by atoms with van der Waals surface area (Å²) in [5.74, 6) is 0.622. The van der Waals surface area contributed by atoms with E-state index in [2.05, 4.69) is 11.9 Å². The van der Waals surface area contributed by atoms with Crippen molar-refractivity contribution in [3.05, 3.63) is 30.3 Å². The van der Waals surface area contributed by atoms with E-state index in [4.69, 9.17) is 9.84 Å². The van der Waals surface area contributed by atoms with Crippen LogP contribution in [0.15, 0.2) is 24.8 Å². The number of aliphatic hydroxyl groups excluding tert-OH is 1. The number of benzene rings is 1. The normalized spacial score (nSPS) is 12.6. The first-order valence-corrected chi connectivity index (χ1v) is 5.60. The average Bonchev–Trinajstić information content (AvgIpc) is 2.30. The highest BCUT2D eigenvalue weighted by Gasteiger charge is 2.16. The highest BCUT2D eigenvalue weighted by molar-refractivity contribution is 5.62. The number of alkyl halides is 2. The number of anilines is 1. The van der Waals surface area contributed by atoms with Crippen LogP contribution >= 0.6 is 0 Å². The van der Waals surface area contributed by atoms with Gasteiger partial charge in [0, 0.05) is 11.3 Å². The molecule has 0 aliphatic carbocycles. The van der Waals surface area contributed by atoms with E-state index in [0.717, 1.165) is 0 Å². The van der Waals surface area contributed by atoms with Crippen molar-refractivity contribution in [3.63, 3.8) is 0 Å². The fourth-order valence-corrected chi connectivity index (χ4v) is 1.39. The molecule has 0 heterocycles. The first-order valence-electron chi connectivity index (χ1n) is 5.60. The van der Waals surface area contributed by atoms with Gasteiger partial charge in [0.25, 0.3) is 6.43 Å². The quantitative estimate of drug-likeness (QED) is 0.769. The molecular weight excluding hydrogens is 240 g/mol. The standard InChI is InChI=1S/C13H17F2NO2/c1-4-9-7-10(16-13(17)12(14)15)5-6-11(9)18-8(2)3/h4-8,12-13,16-17H,1H2,2-3H3. The van der Waals surface area contributed by atoms with Crippen molar-refractivity contribution in [1.82, 2.24) is 0 Å². The maximum Gasteiger partial charge on any atom is 0.282 e. The number of hydrogen-bond donors (Lipinski definition) is 2. The van der Waals surface area contributed by atoms with E-state index in [9.17, 15) is 8.78 Å². The zero-order valence-electron chi connectivity index (χ0n) is 10.4. The zero-order chi connectivity index (χ0) is 13.7. The van der Waals surface area contributed by atoms with E-state index >= 15 is 0 Å². The molecule has 0 saturated carbocycles. The van der Waals surface area contributed by atoms with Crippen molar-refractivity contribution in [3.8, 4) is 5.75 Å². The summed E-state index contributed by atoms with van der Waals surface area (Å²) in [6, 6.07) is 4.81. The number of hydrogen-bond acceptors (Lipinski definition) is 3. The number of ether oxygens (including phenoxy) is 1. The molecule has 0 fully saturated rings. The van der Waals surface area contributed by atoms with Gasteiger partial charge in [0.05, 0.1) is 6.10 Å². The van der Waals surface area contributed by atoms with Gasteiger partial charge >= 0.3 is 0 Å². The Morgan fingerprint density at radius 1 is 1.39 bits per heavy atom. The minimum Gasteiger partial charge on any atom is -0.490 e. The lowest BCUT2D eigenvalue weighted by molar-refractivity contribution is 0.0127. The van der Waals surface area contributed by atoms with Crippen molar-refractivity contribution < 1.29 is 18.6 Å².